The van der Waals surface area contributed by atoms with Crippen molar-refractivity contribution in [2.75, 3.05) is 19.7 Å². The number of nitrogens with one attached hydrogen (secondary N) is 2. The lowest BCUT2D eigenvalue weighted by Gasteiger charge is -2.32. The van der Waals surface area contributed by atoms with Gasteiger partial charge in [-0.05, 0) is 63.5 Å². The Morgan fingerprint density at radius 3 is 2.27 bits per heavy atom. The van der Waals surface area contributed by atoms with Gasteiger partial charge in [-0.25, -0.2) is 13.1 Å². The highest BCUT2D eigenvalue weighted by Gasteiger charge is 2.44. The number of hydrogen-bond acceptors (Lipinski definition) is 6. The Labute approximate surface area is 247 Å². The van der Waals surface area contributed by atoms with E-state index in [1.165, 1.54) is 4.90 Å². The van der Waals surface area contributed by atoms with Crippen LogP contribution in [0.25, 0.3) is 4.91 Å². The van der Waals surface area contributed by atoms with Crippen LogP contribution in [0.4, 0.5) is 0 Å². The number of benzene rings is 2. The lowest BCUT2D eigenvalue weighted by atomic mass is 9.92. The van der Waals surface area contributed by atoms with Gasteiger partial charge < -0.3 is 20.7 Å². The Morgan fingerprint density at radius 1 is 1.12 bits per heavy atom. The second kappa shape index (κ2) is 13.5. The minimum absolute atomic E-state index is 0. The summed E-state index contributed by atoms with van der Waals surface area (Å²) < 4.78 is 34.9. The second-order valence-corrected chi connectivity index (χ2v) is 12.7. The van der Waals surface area contributed by atoms with Crippen LogP contribution in [0.3, 0.4) is 0 Å². The van der Waals surface area contributed by atoms with Gasteiger partial charge in [0.15, 0.2) is 0 Å². The predicted octanol–water partition coefficient (Wildman–Crippen LogP) is 3.47. The minimum atomic E-state index is -3.86. The highest BCUT2D eigenvalue weighted by Crippen LogP contribution is 2.38. The molecule has 0 aromatic heterocycles. The van der Waals surface area contributed by atoms with Gasteiger partial charge in [0, 0.05) is 18.1 Å². The first kappa shape index (κ1) is 33.7. The fraction of sp³-hybridized carbons (Fsp3) is 0.429. The maximum absolute atomic E-state index is 13.8. The summed E-state index contributed by atoms with van der Waals surface area (Å²) in [4.78, 5) is 28.2. The van der Waals surface area contributed by atoms with Gasteiger partial charge in [-0.3, -0.25) is 9.59 Å². The van der Waals surface area contributed by atoms with E-state index in [-0.39, 0.29) is 43.6 Å². The molecule has 9 nitrogen and oxygen atoms in total. The van der Waals surface area contributed by atoms with Crippen LogP contribution in [0.15, 0.2) is 60.2 Å². The fourth-order valence-electron chi connectivity index (χ4n) is 4.24. The van der Waals surface area contributed by atoms with E-state index in [1.807, 2.05) is 30.3 Å². The van der Waals surface area contributed by atoms with E-state index >= 15 is 0 Å². The molecule has 40 heavy (non-hydrogen) atoms. The van der Waals surface area contributed by atoms with Gasteiger partial charge in [0.05, 0.1) is 29.2 Å². The van der Waals surface area contributed by atoms with E-state index in [0.717, 1.165) is 5.56 Å². The van der Waals surface area contributed by atoms with Crippen molar-refractivity contribution >= 4 is 50.8 Å². The number of ether oxygens (including phenoxy) is 1. The molecule has 1 unspecified atom stereocenters. The number of hydrogen-bond donors (Lipinski definition) is 3. The van der Waals surface area contributed by atoms with Gasteiger partial charge >= 0.3 is 0 Å². The number of carbonyl (C=O) groups is 2. The molecule has 0 fully saturated rings. The van der Waals surface area contributed by atoms with Crippen molar-refractivity contribution in [1.82, 2.24) is 14.9 Å². The van der Waals surface area contributed by atoms with Gasteiger partial charge in [0.2, 0.25) is 21.8 Å². The Bertz CT molecular complexity index is 1320. The van der Waals surface area contributed by atoms with Crippen LogP contribution in [0.1, 0.15) is 45.7 Å². The van der Waals surface area contributed by atoms with Crippen molar-refractivity contribution in [2.45, 2.75) is 58.3 Å². The smallest absolute Gasteiger partial charge is 0.247 e. The summed E-state index contributed by atoms with van der Waals surface area (Å²) in [6.45, 7) is 8.84. The predicted molar refractivity (Wildman–Crippen MR) is 160 cm³/mol. The van der Waals surface area contributed by atoms with E-state index in [0.29, 0.717) is 16.2 Å². The van der Waals surface area contributed by atoms with Crippen molar-refractivity contribution in [3.63, 3.8) is 0 Å². The lowest BCUT2D eigenvalue weighted by molar-refractivity contribution is -0.139. The van der Waals surface area contributed by atoms with Crippen LogP contribution in [0, 0.1) is 0 Å². The quantitative estimate of drug-likeness (QED) is 0.356. The van der Waals surface area contributed by atoms with Crippen molar-refractivity contribution in [2.24, 2.45) is 5.73 Å². The lowest BCUT2D eigenvalue weighted by Crippen LogP contribution is -2.58. The molecule has 0 saturated carbocycles. The van der Waals surface area contributed by atoms with Gasteiger partial charge in [-0.2, -0.15) is 0 Å². The molecular weight excluding hydrogens is 575 g/mol. The fourth-order valence-corrected chi connectivity index (χ4v) is 6.35. The van der Waals surface area contributed by atoms with E-state index in [1.54, 1.807) is 58.9 Å². The highest BCUT2D eigenvalue weighted by atomic mass is 35.5. The average Bonchev–Trinajstić information content (AvgIpc) is 3.04. The van der Waals surface area contributed by atoms with Crippen molar-refractivity contribution < 1.29 is 22.7 Å². The van der Waals surface area contributed by atoms with Gasteiger partial charge in [0.1, 0.15) is 6.04 Å². The zero-order chi connectivity index (χ0) is 29.0. The van der Waals surface area contributed by atoms with Crippen LogP contribution in [0.5, 0.6) is 0 Å². The molecule has 2 aromatic carbocycles. The van der Waals surface area contributed by atoms with Crippen LogP contribution >= 0.6 is 24.0 Å². The molecule has 1 aliphatic rings. The standard InChI is InChI=1S/C28H37ClN4O5S.ClH/c1-6-33(16-22-24(20-12-14-21(29)15-13-20)39(36,37)32-28(22,4)5)25(34)23(31-26(35)27(2,3)30)18-38-17-19-10-8-7-9-11-19;/h7-15,23,32H,6,16-18,30H2,1-5H3,(H,31,35);1H. The molecule has 12 heteroatoms. The average molecular weight is 614 g/mol. The molecule has 0 radical (unpaired) electrons. The van der Waals surface area contributed by atoms with E-state index in [4.69, 9.17) is 22.1 Å². The number of rotatable bonds is 11. The normalized spacial score (nSPS) is 16.7. The third-order valence-electron chi connectivity index (χ3n) is 6.42. The maximum atomic E-state index is 13.8. The Kier molecular flexibility index (Phi) is 11.4. The SMILES string of the molecule is CCN(CC1=C(c2ccc(Cl)cc2)S(=O)(=O)NC1(C)C)C(=O)C(COCc1ccccc1)NC(=O)C(C)(C)N.Cl. The summed E-state index contributed by atoms with van der Waals surface area (Å²) in [5.41, 5.74) is 5.72. The van der Waals surface area contributed by atoms with Crippen molar-refractivity contribution in [1.29, 1.82) is 0 Å². The number of likely N-dealkylation sites (N-methyl/N-ethyl adjacent to an activating group) is 1. The van der Waals surface area contributed by atoms with Crippen LogP contribution < -0.4 is 15.8 Å². The molecular formula is C28H38Cl2N4O5S. The second-order valence-electron chi connectivity index (χ2n) is 10.6. The maximum Gasteiger partial charge on any atom is 0.247 e. The molecule has 1 heterocycles. The van der Waals surface area contributed by atoms with Crippen molar-refractivity contribution in [3.8, 4) is 0 Å². The van der Waals surface area contributed by atoms with E-state index in [2.05, 4.69) is 10.0 Å². The van der Waals surface area contributed by atoms with Crippen molar-refractivity contribution in [3.05, 3.63) is 76.3 Å². The van der Waals surface area contributed by atoms with E-state index in [9.17, 15) is 18.0 Å². The highest BCUT2D eigenvalue weighted by molar-refractivity contribution is 7.99. The number of nitrogens with two attached hydrogens (primary N) is 1. The number of halogens is 2. The molecule has 1 aliphatic heterocycles. The topological polar surface area (TPSA) is 131 Å². The molecule has 0 saturated heterocycles. The van der Waals surface area contributed by atoms with E-state index < -0.39 is 39.0 Å². The molecule has 2 amide bonds. The Morgan fingerprint density at radius 2 is 1.73 bits per heavy atom. The first-order chi connectivity index (χ1) is 18.2. The number of sulfonamides is 1. The Hall–Kier alpha value is -2.47. The van der Waals surface area contributed by atoms with Crippen LogP contribution in [-0.2, 0) is 31.0 Å². The monoisotopic (exact) mass is 612 g/mol. The largest absolute Gasteiger partial charge is 0.374 e. The summed E-state index contributed by atoms with van der Waals surface area (Å²) in [5, 5.41) is 3.20. The first-order valence-corrected chi connectivity index (χ1v) is 14.6. The molecule has 4 N–H and O–H groups in total. The Balaban J connectivity index is 0.00000560. The molecule has 2 aromatic rings. The first-order valence-electron chi connectivity index (χ1n) is 12.7. The third kappa shape index (κ3) is 8.28. The van der Waals surface area contributed by atoms with Gasteiger partial charge in [-0.1, -0.05) is 54.1 Å². The number of nitrogens with zero attached hydrogens (tertiary/aromatic N) is 1. The molecule has 220 valence electrons. The van der Waals surface area contributed by atoms with Crippen LogP contribution in [0.2, 0.25) is 5.02 Å². The van der Waals surface area contributed by atoms with Gasteiger partial charge in [-0.15, -0.1) is 12.4 Å². The summed E-state index contributed by atoms with van der Waals surface area (Å²) in [6.07, 6.45) is 0. The zero-order valence-corrected chi connectivity index (χ0v) is 25.8. The van der Waals surface area contributed by atoms with Gasteiger partial charge in [0.25, 0.3) is 0 Å². The summed E-state index contributed by atoms with van der Waals surface area (Å²) in [7, 11) is -3.86. The van der Waals surface area contributed by atoms with Crippen LogP contribution in [-0.4, -0.2) is 61.9 Å². The minimum Gasteiger partial charge on any atom is -0.374 e. The summed E-state index contributed by atoms with van der Waals surface area (Å²) in [5.74, 6) is -0.919. The number of carbonyl (C=O) groups excluding carboxylic acids is 2. The zero-order valence-electron chi connectivity index (χ0n) is 23.4. The third-order valence-corrected chi connectivity index (χ3v) is 8.47. The molecule has 1 atom stereocenters. The number of amides is 2. The molecule has 0 aliphatic carbocycles. The summed E-state index contributed by atoms with van der Waals surface area (Å²) >= 11 is 6.03. The molecule has 0 bridgehead atoms. The summed E-state index contributed by atoms with van der Waals surface area (Å²) in [6, 6.07) is 15.0. The molecule has 0 spiro atoms. The molecule has 3 rings (SSSR count).